The van der Waals surface area contributed by atoms with Gasteiger partial charge in [0.2, 0.25) is 0 Å². The van der Waals surface area contributed by atoms with Crippen LogP contribution < -0.4 is 5.32 Å². The van der Waals surface area contributed by atoms with Gasteiger partial charge in [0, 0.05) is 44.1 Å². The third-order valence-corrected chi connectivity index (χ3v) is 4.51. The molecule has 25 heavy (non-hydrogen) atoms. The molecule has 1 atom stereocenters. The van der Waals surface area contributed by atoms with Gasteiger partial charge in [0.1, 0.15) is 0 Å². The van der Waals surface area contributed by atoms with E-state index in [9.17, 15) is 4.79 Å². The zero-order chi connectivity index (χ0) is 17.6. The Morgan fingerprint density at radius 3 is 2.84 bits per heavy atom. The van der Waals surface area contributed by atoms with Crippen LogP contribution in [0.2, 0.25) is 0 Å². The molecule has 0 aliphatic carbocycles. The molecule has 1 unspecified atom stereocenters. The molecular weight excluding hydrogens is 320 g/mol. The fourth-order valence-electron chi connectivity index (χ4n) is 2.92. The second-order valence-corrected chi connectivity index (χ2v) is 6.33. The van der Waals surface area contributed by atoms with Crippen molar-refractivity contribution in [3.8, 4) is 11.5 Å². The Labute approximate surface area is 147 Å². The number of hydrogen-bond donors (Lipinski definition) is 2. The van der Waals surface area contributed by atoms with Gasteiger partial charge in [-0.3, -0.25) is 0 Å². The van der Waals surface area contributed by atoms with Crippen molar-refractivity contribution in [1.82, 2.24) is 20.4 Å². The Hall–Kier alpha value is -2.41. The maximum Gasteiger partial charge on any atom is 0.317 e. The van der Waals surface area contributed by atoms with Gasteiger partial charge in [-0.2, -0.15) is 4.98 Å². The average Bonchev–Trinajstić information content (AvgIpc) is 3.31. The molecule has 2 heterocycles. The van der Waals surface area contributed by atoms with Crippen LogP contribution in [0.4, 0.5) is 4.79 Å². The van der Waals surface area contributed by atoms with Gasteiger partial charge in [0.15, 0.2) is 5.82 Å². The molecule has 1 aromatic carbocycles. The van der Waals surface area contributed by atoms with Crippen LogP contribution >= 0.6 is 0 Å². The van der Waals surface area contributed by atoms with Crippen molar-refractivity contribution >= 4 is 6.03 Å². The maximum absolute atomic E-state index is 12.1. The number of nitrogens with one attached hydrogen (secondary N) is 1. The van der Waals surface area contributed by atoms with Gasteiger partial charge in [-0.25, -0.2) is 4.79 Å². The Morgan fingerprint density at radius 1 is 1.40 bits per heavy atom. The summed E-state index contributed by atoms with van der Waals surface area (Å²) in [6.07, 6.45) is 2.38. The number of nitrogens with zero attached hydrogens (tertiary/aromatic N) is 3. The van der Waals surface area contributed by atoms with E-state index in [0.29, 0.717) is 24.8 Å². The second-order valence-electron chi connectivity index (χ2n) is 6.33. The first-order valence-electron chi connectivity index (χ1n) is 8.75. The summed E-state index contributed by atoms with van der Waals surface area (Å²) >= 11 is 0. The van der Waals surface area contributed by atoms with E-state index in [4.69, 9.17) is 9.63 Å². The molecule has 7 nitrogen and oxygen atoms in total. The Kier molecular flexibility index (Phi) is 5.65. The number of likely N-dealkylation sites (tertiary alicyclic amines) is 1. The van der Waals surface area contributed by atoms with Crippen LogP contribution in [0.25, 0.3) is 11.5 Å². The van der Waals surface area contributed by atoms with Crippen molar-refractivity contribution in [2.24, 2.45) is 5.92 Å². The van der Waals surface area contributed by atoms with Crippen LogP contribution in [0.15, 0.2) is 28.8 Å². The third-order valence-electron chi connectivity index (χ3n) is 4.51. The molecule has 2 amide bonds. The summed E-state index contributed by atoms with van der Waals surface area (Å²) in [5.41, 5.74) is 2.03. The summed E-state index contributed by atoms with van der Waals surface area (Å²) in [7, 11) is 0. The van der Waals surface area contributed by atoms with Crippen LogP contribution in [-0.4, -0.2) is 52.4 Å². The van der Waals surface area contributed by atoms with Gasteiger partial charge in [-0.05, 0) is 30.5 Å². The van der Waals surface area contributed by atoms with Crippen molar-refractivity contribution < 1.29 is 14.4 Å². The third kappa shape index (κ3) is 4.36. The number of aromatic nitrogens is 2. The minimum Gasteiger partial charge on any atom is -0.396 e. The molecule has 0 bridgehead atoms. The SMILES string of the molecule is CCc1noc(-c2ccc(CCNC(=O)N3CCC(CO)C3)cc2)n1. The quantitative estimate of drug-likeness (QED) is 0.835. The summed E-state index contributed by atoms with van der Waals surface area (Å²) in [6.45, 7) is 4.07. The monoisotopic (exact) mass is 344 g/mol. The summed E-state index contributed by atoms with van der Waals surface area (Å²) < 4.78 is 5.23. The summed E-state index contributed by atoms with van der Waals surface area (Å²) in [5, 5.41) is 16.0. The molecule has 7 heteroatoms. The largest absolute Gasteiger partial charge is 0.396 e. The number of carbonyl (C=O) groups excluding carboxylic acids is 1. The lowest BCUT2D eigenvalue weighted by Crippen LogP contribution is -2.39. The van der Waals surface area contributed by atoms with Crippen molar-refractivity contribution in [1.29, 1.82) is 0 Å². The smallest absolute Gasteiger partial charge is 0.317 e. The predicted octanol–water partition coefficient (Wildman–Crippen LogP) is 1.87. The maximum atomic E-state index is 12.1. The van der Waals surface area contributed by atoms with Crippen LogP contribution in [-0.2, 0) is 12.8 Å². The average molecular weight is 344 g/mol. The lowest BCUT2D eigenvalue weighted by atomic mass is 10.1. The van der Waals surface area contributed by atoms with E-state index < -0.39 is 0 Å². The highest BCUT2D eigenvalue weighted by Gasteiger charge is 2.25. The first-order chi connectivity index (χ1) is 12.2. The number of carbonyl (C=O) groups is 1. The van der Waals surface area contributed by atoms with E-state index >= 15 is 0 Å². The minimum atomic E-state index is -0.0504. The number of aryl methyl sites for hydroxylation is 1. The van der Waals surface area contributed by atoms with E-state index in [1.807, 2.05) is 31.2 Å². The highest BCUT2D eigenvalue weighted by molar-refractivity contribution is 5.74. The fraction of sp³-hybridized carbons (Fsp3) is 0.500. The summed E-state index contributed by atoms with van der Waals surface area (Å²) in [6, 6.07) is 7.88. The molecule has 0 saturated carbocycles. The molecule has 134 valence electrons. The normalized spacial score (nSPS) is 17.0. The minimum absolute atomic E-state index is 0.0504. The van der Waals surface area contributed by atoms with Crippen LogP contribution in [0.5, 0.6) is 0 Å². The van der Waals surface area contributed by atoms with Crippen LogP contribution in [0, 0.1) is 5.92 Å². The Bertz CT molecular complexity index is 699. The second kappa shape index (κ2) is 8.11. The Balaban J connectivity index is 1.46. The highest BCUT2D eigenvalue weighted by atomic mass is 16.5. The Morgan fingerprint density at radius 2 is 2.20 bits per heavy atom. The number of benzene rings is 1. The van der Waals surface area contributed by atoms with E-state index in [1.54, 1.807) is 4.90 Å². The number of aliphatic hydroxyl groups excluding tert-OH is 1. The molecule has 2 aromatic rings. The van der Waals surface area contributed by atoms with Crippen LogP contribution in [0.1, 0.15) is 24.7 Å². The lowest BCUT2D eigenvalue weighted by Gasteiger charge is -2.17. The van der Waals surface area contributed by atoms with E-state index in [0.717, 1.165) is 36.9 Å². The van der Waals surface area contributed by atoms with Crippen molar-refractivity contribution in [2.75, 3.05) is 26.2 Å². The molecule has 1 aliphatic heterocycles. The van der Waals surface area contributed by atoms with Crippen molar-refractivity contribution in [2.45, 2.75) is 26.2 Å². The zero-order valence-corrected chi connectivity index (χ0v) is 14.4. The number of aliphatic hydroxyl groups is 1. The first kappa shape index (κ1) is 17.4. The topological polar surface area (TPSA) is 91.5 Å². The molecule has 0 spiro atoms. The van der Waals surface area contributed by atoms with E-state index in [-0.39, 0.29) is 18.6 Å². The molecule has 1 aliphatic rings. The number of amides is 2. The standard InChI is InChI=1S/C18H24N4O3/c1-2-16-20-17(25-21-16)15-5-3-13(4-6-15)7-9-19-18(24)22-10-8-14(11-22)12-23/h3-6,14,23H,2,7-12H2,1H3,(H,19,24). The first-order valence-corrected chi connectivity index (χ1v) is 8.75. The molecule has 1 saturated heterocycles. The molecule has 1 fully saturated rings. The van der Waals surface area contributed by atoms with Gasteiger partial charge in [-0.1, -0.05) is 24.2 Å². The zero-order valence-electron chi connectivity index (χ0n) is 14.4. The fourth-order valence-corrected chi connectivity index (χ4v) is 2.92. The number of hydrogen-bond acceptors (Lipinski definition) is 5. The predicted molar refractivity (Wildman–Crippen MR) is 93.0 cm³/mol. The lowest BCUT2D eigenvalue weighted by molar-refractivity contribution is 0.198. The van der Waals surface area contributed by atoms with Crippen LogP contribution in [0.3, 0.4) is 0 Å². The highest BCUT2D eigenvalue weighted by Crippen LogP contribution is 2.18. The van der Waals surface area contributed by atoms with Gasteiger partial charge in [0.25, 0.3) is 5.89 Å². The van der Waals surface area contributed by atoms with Gasteiger partial charge >= 0.3 is 6.03 Å². The van der Waals surface area contributed by atoms with Gasteiger partial charge < -0.3 is 19.8 Å². The molecular formula is C18H24N4O3. The molecule has 2 N–H and O–H groups in total. The molecule has 1 aromatic heterocycles. The van der Waals surface area contributed by atoms with Crippen molar-refractivity contribution in [3.63, 3.8) is 0 Å². The summed E-state index contributed by atoms with van der Waals surface area (Å²) in [5.74, 6) is 1.45. The van der Waals surface area contributed by atoms with Crippen molar-refractivity contribution in [3.05, 3.63) is 35.7 Å². The number of rotatable bonds is 6. The van der Waals surface area contributed by atoms with Gasteiger partial charge in [0.05, 0.1) is 0 Å². The number of urea groups is 1. The summed E-state index contributed by atoms with van der Waals surface area (Å²) in [4.78, 5) is 18.2. The van der Waals surface area contributed by atoms with Gasteiger partial charge in [-0.15, -0.1) is 0 Å². The van der Waals surface area contributed by atoms with E-state index in [1.165, 1.54) is 0 Å². The molecule has 0 radical (unpaired) electrons. The van der Waals surface area contributed by atoms with E-state index in [2.05, 4.69) is 15.5 Å². The molecule has 3 rings (SSSR count).